The number of piperidine rings is 1. The average Bonchev–Trinajstić information content (AvgIpc) is 3.46. The van der Waals surface area contributed by atoms with Gasteiger partial charge < -0.3 is 15.7 Å². The van der Waals surface area contributed by atoms with Crippen LogP contribution in [0.15, 0.2) is 18.3 Å². The third-order valence-corrected chi connectivity index (χ3v) is 7.12. The van der Waals surface area contributed by atoms with E-state index in [0.717, 1.165) is 17.3 Å². The fourth-order valence-corrected chi connectivity index (χ4v) is 5.55. The number of nitrogens with two attached hydrogens (primary N) is 1. The molecule has 32 heavy (non-hydrogen) atoms. The van der Waals surface area contributed by atoms with Gasteiger partial charge in [-0.2, -0.15) is 10.2 Å². The van der Waals surface area contributed by atoms with E-state index in [1.165, 1.54) is 0 Å². The highest BCUT2D eigenvalue weighted by Crippen LogP contribution is 2.42. The number of H-pyrrole nitrogens is 1. The lowest BCUT2D eigenvalue weighted by atomic mass is 9.96. The number of nitrogens with zero attached hydrogens (tertiary/aromatic N) is 6. The summed E-state index contributed by atoms with van der Waals surface area (Å²) in [7, 11) is 1.84. The zero-order chi connectivity index (χ0) is 22.1. The number of anilines is 1. The Morgan fingerprint density at radius 1 is 1.31 bits per heavy atom. The summed E-state index contributed by atoms with van der Waals surface area (Å²) < 4.78 is 16.5. The summed E-state index contributed by atoms with van der Waals surface area (Å²) in [6.07, 6.45) is 2.81. The SMILES string of the molecule is Cn1cc2c(Cl)c(-c3[nH]nc4nc(N5[C@@H]6CC[C@H]5[C@@H](F)[C@@H](N)C6)c(CO)nc34)ccc2n1. The van der Waals surface area contributed by atoms with Crippen LogP contribution in [-0.4, -0.2) is 59.3 Å². The molecule has 4 aromatic rings. The highest BCUT2D eigenvalue weighted by Gasteiger charge is 2.48. The maximum atomic E-state index is 14.8. The fraction of sp³-hybridized carbons (Fsp3) is 0.429. The van der Waals surface area contributed by atoms with Gasteiger partial charge in [0.2, 0.25) is 5.65 Å². The summed E-state index contributed by atoms with van der Waals surface area (Å²) in [5.41, 5.74) is 9.39. The predicted octanol–water partition coefficient (Wildman–Crippen LogP) is 2.46. The van der Waals surface area contributed by atoms with Crippen molar-refractivity contribution in [3.63, 3.8) is 0 Å². The van der Waals surface area contributed by atoms with E-state index in [2.05, 4.69) is 15.3 Å². The van der Waals surface area contributed by atoms with Gasteiger partial charge in [-0.15, -0.1) is 0 Å². The fourth-order valence-electron chi connectivity index (χ4n) is 5.25. The molecule has 0 amide bonds. The molecular formula is C21H22ClFN8O. The molecule has 0 radical (unpaired) electrons. The van der Waals surface area contributed by atoms with Crippen LogP contribution in [0.2, 0.25) is 5.02 Å². The predicted molar refractivity (Wildman–Crippen MR) is 119 cm³/mol. The molecule has 2 bridgehead atoms. The lowest BCUT2D eigenvalue weighted by Gasteiger charge is -2.41. The Kier molecular flexibility index (Phi) is 4.40. The molecular weight excluding hydrogens is 435 g/mol. The molecule has 9 nitrogen and oxygen atoms in total. The number of aliphatic hydroxyl groups is 1. The number of aryl methyl sites for hydroxylation is 1. The van der Waals surface area contributed by atoms with Gasteiger partial charge in [-0.3, -0.25) is 9.78 Å². The summed E-state index contributed by atoms with van der Waals surface area (Å²) in [6, 6.07) is 2.99. The van der Waals surface area contributed by atoms with Crippen LogP contribution in [0.5, 0.6) is 0 Å². The van der Waals surface area contributed by atoms with E-state index >= 15 is 0 Å². The van der Waals surface area contributed by atoms with Crippen LogP contribution in [0.1, 0.15) is 25.0 Å². The highest BCUT2D eigenvalue weighted by molar-refractivity contribution is 6.38. The van der Waals surface area contributed by atoms with Gasteiger partial charge in [0.15, 0.2) is 5.82 Å². The van der Waals surface area contributed by atoms with Gasteiger partial charge in [-0.25, -0.2) is 14.4 Å². The Labute approximate surface area is 187 Å². The van der Waals surface area contributed by atoms with E-state index in [4.69, 9.17) is 27.3 Å². The molecule has 3 aromatic heterocycles. The Bertz CT molecular complexity index is 1350. The van der Waals surface area contributed by atoms with E-state index in [9.17, 15) is 9.50 Å². The van der Waals surface area contributed by atoms with E-state index < -0.39 is 12.2 Å². The summed E-state index contributed by atoms with van der Waals surface area (Å²) >= 11 is 6.69. The smallest absolute Gasteiger partial charge is 0.202 e. The van der Waals surface area contributed by atoms with Crippen LogP contribution in [0.3, 0.4) is 0 Å². The van der Waals surface area contributed by atoms with Crippen LogP contribution in [-0.2, 0) is 13.7 Å². The zero-order valence-electron chi connectivity index (χ0n) is 17.3. The molecule has 0 spiro atoms. The van der Waals surface area contributed by atoms with Crippen LogP contribution in [0.4, 0.5) is 10.2 Å². The monoisotopic (exact) mass is 456 g/mol. The number of nitrogens with one attached hydrogen (secondary N) is 1. The molecule has 2 fully saturated rings. The largest absolute Gasteiger partial charge is 0.390 e. The van der Waals surface area contributed by atoms with Crippen LogP contribution >= 0.6 is 11.6 Å². The van der Waals surface area contributed by atoms with Crippen molar-refractivity contribution in [2.75, 3.05) is 4.90 Å². The first-order valence-corrected chi connectivity index (χ1v) is 11.0. The van der Waals surface area contributed by atoms with Gasteiger partial charge in [-0.05, 0) is 31.4 Å². The molecule has 166 valence electrons. The van der Waals surface area contributed by atoms with Gasteiger partial charge in [0.25, 0.3) is 0 Å². The van der Waals surface area contributed by atoms with Crippen molar-refractivity contribution in [1.29, 1.82) is 0 Å². The highest BCUT2D eigenvalue weighted by atomic mass is 35.5. The van der Waals surface area contributed by atoms with Crippen molar-refractivity contribution in [1.82, 2.24) is 29.9 Å². The second-order valence-corrected chi connectivity index (χ2v) is 9.01. The van der Waals surface area contributed by atoms with Crippen molar-refractivity contribution in [3.8, 4) is 11.3 Å². The zero-order valence-corrected chi connectivity index (χ0v) is 18.1. The Morgan fingerprint density at radius 2 is 2.16 bits per heavy atom. The number of benzene rings is 1. The Hall–Kier alpha value is -2.82. The van der Waals surface area contributed by atoms with Crippen molar-refractivity contribution in [2.45, 2.75) is 50.2 Å². The molecule has 4 atom stereocenters. The number of rotatable bonds is 3. The van der Waals surface area contributed by atoms with Crippen molar-refractivity contribution < 1.29 is 9.50 Å². The van der Waals surface area contributed by atoms with Gasteiger partial charge in [0.05, 0.1) is 28.9 Å². The number of alkyl halides is 1. The first-order valence-electron chi connectivity index (χ1n) is 10.6. The summed E-state index contributed by atoms with van der Waals surface area (Å²) in [6.45, 7) is -0.322. The quantitative estimate of drug-likeness (QED) is 0.433. The first-order chi connectivity index (χ1) is 15.5. The third kappa shape index (κ3) is 2.76. The third-order valence-electron chi connectivity index (χ3n) is 6.71. The topological polar surface area (TPSA) is 122 Å². The van der Waals surface area contributed by atoms with E-state index in [1.54, 1.807) is 4.68 Å². The summed E-state index contributed by atoms with van der Waals surface area (Å²) in [4.78, 5) is 11.4. The minimum Gasteiger partial charge on any atom is -0.390 e. The van der Waals surface area contributed by atoms with Gasteiger partial charge in [0.1, 0.15) is 17.4 Å². The molecule has 1 aromatic carbocycles. The molecule has 0 unspecified atom stereocenters. The molecule has 6 rings (SSSR count). The normalized spacial score (nSPS) is 25.3. The lowest BCUT2D eigenvalue weighted by Crippen LogP contribution is -2.56. The number of aliphatic hydroxyl groups excluding tert-OH is 1. The molecule has 0 saturated carbocycles. The second kappa shape index (κ2) is 7.09. The molecule has 11 heteroatoms. The Morgan fingerprint density at radius 3 is 2.97 bits per heavy atom. The van der Waals surface area contributed by atoms with Gasteiger partial charge in [0, 0.05) is 36.3 Å². The maximum Gasteiger partial charge on any atom is 0.202 e. The summed E-state index contributed by atoms with van der Waals surface area (Å²) in [5.74, 6) is 0.480. The summed E-state index contributed by atoms with van der Waals surface area (Å²) in [5, 5.41) is 23.2. The number of halogens is 2. The van der Waals surface area contributed by atoms with Crippen LogP contribution in [0, 0.1) is 0 Å². The minimum atomic E-state index is -1.14. The standard InChI is InChI=1S/C21H22ClFN8O/c1-30-7-11-13(29-30)4-3-10(16(11)22)18-19-20(28-27-18)26-21(14(8-32)25-19)31-9-2-5-15(31)17(23)12(24)6-9/h3-4,7,9,12,15,17,32H,2,5-6,8,24H2,1H3,(H,26,27,28)/t9-,12+,15+,17+/m1/s1. The molecule has 5 heterocycles. The number of hydrogen-bond donors (Lipinski definition) is 3. The second-order valence-electron chi connectivity index (χ2n) is 8.64. The van der Waals surface area contributed by atoms with Crippen LogP contribution in [0.25, 0.3) is 33.3 Å². The molecule has 0 aliphatic carbocycles. The van der Waals surface area contributed by atoms with Crippen molar-refractivity contribution >= 4 is 39.5 Å². The lowest BCUT2D eigenvalue weighted by molar-refractivity contribution is 0.202. The minimum absolute atomic E-state index is 0.0832. The van der Waals surface area contributed by atoms with Gasteiger partial charge >= 0.3 is 0 Å². The van der Waals surface area contributed by atoms with Crippen molar-refractivity contribution in [2.24, 2.45) is 12.8 Å². The maximum absolute atomic E-state index is 14.8. The molecule has 2 saturated heterocycles. The number of aromatic amines is 1. The number of fused-ring (bicyclic) bond motifs is 4. The number of aromatic nitrogens is 6. The van der Waals surface area contributed by atoms with E-state index in [1.807, 2.05) is 30.3 Å². The first kappa shape index (κ1) is 19.8. The van der Waals surface area contributed by atoms with E-state index in [-0.39, 0.29) is 18.7 Å². The molecule has 2 aliphatic heterocycles. The molecule has 4 N–H and O–H groups in total. The molecule has 2 aliphatic rings. The number of hydrogen-bond acceptors (Lipinski definition) is 7. The van der Waals surface area contributed by atoms with Crippen LogP contribution < -0.4 is 10.6 Å². The van der Waals surface area contributed by atoms with Crippen molar-refractivity contribution in [3.05, 3.63) is 29.0 Å². The average molecular weight is 457 g/mol. The Balaban J connectivity index is 1.49. The van der Waals surface area contributed by atoms with Gasteiger partial charge in [-0.1, -0.05) is 11.6 Å². The van der Waals surface area contributed by atoms with E-state index in [0.29, 0.717) is 51.8 Å².